The Morgan fingerprint density at radius 3 is 1.95 bits per heavy atom. The summed E-state index contributed by atoms with van der Waals surface area (Å²) in [5.74, 6) is -5.66. The lowest BCUT2D eigenvalue weighted by molar-refractivity contribution is -0.315. The lowest BCUT2D eigenvalue weighted by Gasteiger charge is -2.26. The highest BCUT2D eigenvalue weighted by Gasteiger charge is 2.63. The molecular weight excluding hydrogens is 355 g/mol. The van der Waals surface area contributed by atoms with Crippen molar-refractivity contribution in [1.29, 1.82) is 0 Å². The molecule has 1 N–H and O–H groups in total. The normalized spacial score (nSPS) is 14.1. The fourth-order valence-corrected chi connectivity index (χ4v) is 1.93. The molecule has 1 atom stereocenters. The van der Waals surface area contributed by atoms with Crippen LogP contribution in [0.2, 0.25) is 0 Å². The van der Waals surface area contributed by atoms with E-state index in [4.69, 9.17) is 9.47 Å². The van der Waals surface area contributed by atoms with Gasteiger partial charge in [0, 0.05) is 5.56 Å². The summed E-state index contributed by atoms with van der Waals surface area (Å²) in [4.78, 5) is 0. The average Bonchev–Trinajstić information content (AvgIpc) is 2.36. The molecule has 3 nitrogen and oxygen atoms in total. The monoisotopic (exact) mass is 364 g/mol. The predicted molar refractivity (Wildman–Crippen MR) is 63.2 cm³/mol. The highest BCUT2D eigenvalue weighted by Crippen LogP contribution is 2.47. The third kappa shape index (κ3) is 2.98. The topological polar surface area (TPSA) is 38.7 Å². The predicted octanol–water partition coefficient (Wildman–Crippen LogP) is 3.70. The van der Waals surface area contributed by atoms with Gasteiger partial charge in [-0.05, 0) is 28.1 Å². The number of benzene rings is 1. The minimum atomic E-state index is -5.89. The number of halogens is 6. The molecule has 20 heavy (non-hydrogen) atoms. The lowest BCUT2D eigenvalue weighted by atomic mass is 10.0. The number of methoxy groups -OCH3 is 2. The van der Waals surface area contributed by atoms with E-state index in [1.165, 1.54) is 7.11 Å². The second kappa shape index (κ2) is 5.72. The summed E-state index contributed by atoms with van der Waals surface area (Å²) in [6, 6.07) is 1.98. The summed E-state index contributed by atoms with van der Waals surface area (Å²) in [6.07, 6.45) is -9.00. The van der Waals surface area contributed by atoms with Gasteiger partial charge in [-0.25, -0.2) is 0 Å². The first-order chi connectivity index (χ1) is 9.06. The van der Waals surface area contributed by atoms with E-state index in [-0.39, 0.29) is 16.0 Å². The fourth-order valence-electron chi connectivity index (χ4n) is 1.45. The molecule has 0 amide bonds. The quantitative estimate of drug-likeness (QED) is 0.828. The van der Waals surface area contributed by atoms with Gasteiger partial charge >= 0.3 is 12.1 Å². The van der Waals surface area contributed by atoms with Gasteiger partial charge in [0.05, 0.1) is 18.7 Å². The van der Waals surface area contributed by atoms with Crippen molar-refractivity contribution in [1.82, 2.24) is 0 Å². The minimum Gasteiger partial charge on any atom is -0.496 e. The molecular formula is C11H10BrF5O3. The molecule has 1 rings (SSSR count). The number of rotatable bonds is 4. The maximum Gasteiger partial charge on any atom is 0.456 e. The van der Waals surface area contributed by atoms with Gasteiger partial charge in [-0.2, -0.15) is 22.0 Å². The van der Waals surface area contributed by atoms with Crippen molar-refractivity contribution in [3.63, 3.8) is 0 Å². The van der Waals surface area contributed by atoms with Gasteiger partial charge < -0.3 is 14.6 Å². The standard InChI is InChI=1S/C11H10BrF5O3/c1-19-7-4-6(12)8(20-2)3-5(7)9(18)10(13,14)11(15,16)17/h3-4,9,18H,1-2H3. The van der Waals surface area contributed by atoms with E-state index in [0.29, 0.717) is 0 Å². The first-order valence-corrected chi connectivity index (χ1v) is 5.89. The van der Waals surface area contributed by atoms with Gasteiger partial charge in [0.25, 0.3) is 0 Å². The maximum absolute atomic E-state index is 13.2. The maximum atomic E-state index is 13.2. The summed E-state index contributed by atoms with van der Waals surface area (Å²) in [5.41, 5.74) is -0.727. The first-order valence-electron chi connectivity index (χ1n) is 5.10. The second-order valence-corrected chi connectivity index (χ2v) is 4.61. The van der Waals surface area contributed by atoms with E-state index in [2.05, 4.69) is 15.9 Å². The summed E-state index contributed by atoms with van der Waals surface area (Å²) < 4.78 is 73.0. The van der Waals surface area contributed by atoms with Crippen LogP contribution in [0.5, 0.6) is 11.5 Å². The van der Waals surface area contributed by atoms with E-state index < -0.39 is 23.8 Å². The van der Waals surface area contributed by atoms with Crippen molar-refractivity contribution in [3.05, 3.63) is 22.2 Å². The molecule has 0 saturated carbocycles. The van der Waals surface area contributed by atoms with E-state index in [1.807, 2.05) is 0 Å². The van der Waals surface area contributed by atoms with Crippen LogP contribution in [0.15, 0.2) is 16.6 Å². The zero-order chi connectivity index (χ0) is 15.7. The molecule has 9 heteroatoms. The van der Waals surface area contributed by atoms with Crippen molar-refractivity contribution in [2.75, 3.05) is 14.2 Å². The van der Waals surface area contributed by atoms with E-state index in [1.54, 1.807) is 0 Å². The van der Waals surface area contributed by atoms with Crippen molar-refractivity contribution in [2.24, 2.45) is 0 Å². The number of ether oxygens (including phenoxy) is 2. The third-order valence-electron chi connectivity index (χ3n) is 2.52. The molecule has 0 aliphatic rings. The van der Waals surface area contributed by atoms with Gasteiger partial charge in [-0.15, -0.1) is 0 Å². The van der Waals surface area contributed by atoms with Gasteiger partial charge in [0.2, 0.25) is 0 Å². The number of hydrogen-bond donors (Lipinski definition) is 1. The molecule has 0 radical (unpaired) electrons. The highest BCUT2D eigenvalue weighted by atomic mass is 79.9. The SMILES string of the molecule is COc1cc(C(O)C(F)(F)C(F)(F)F)c(OC)cc1Br. The largest absolute Gasteiger partial charge is 0.496 e. The van der Waals surface area contributed by atoms with Crippen LogP contribution < -0.4 is 9.47 Å². The molecule has 0 saturated heterocycles. The Hall–Kier alpha value is -1.09. The van der Waals surface area contributed by atoms with Crippen molar-refractivity contribution >= 4 is 15.9 Å². The molecule has 1 aromatic rings. The minimum absolute atomic E-state index is 0.0159. The molecule has 0 heterocycles. The molecule has 0 bridgehead atoms. The Morgan fingerprint density at radius 2 is 1.55 bits per heavy atom. The number of hydrogen-bond acceptors (Lipinski definition) is 3. The van der Waals surface area contributed by atoms with Crippen LogP contribution in [0.4, 0.5) is 22.0 Å². The molecule has 0 fully saturated rings. The first kappa shape index (κ1) is 17.0. The van der Waals surface area contributed by atoms with Crippen molar-refractivity contribution < 1.29 is 36.5 Å². The Morgan fingerprint density at radius 1 is 1.05 bits per heavy atom. The molecule has 114 valence electrons. The van der Waals surface area contributed by atoms with Gasteiger partial charge in [0.1, 0.15) is 11.5 Å². The van der Waals surface area contributed by atoms with Crippen molar-refractivity contribution in [2.45, 2.75) is 18.2 Å². The van der Waals surface area contributed by atoms with Crippen LogP contribution >= 0.6 is 15.9 Å². The van der Waals surface area contributed by atoms with Gasteiger partial charge in [0.15, 0.2) is 6.10 Å². The van der Waals surface area contributed by atoms with Crippen LogP contribution in [0.1, 0.15) is 11.7 Å². The molecule has 0 aliphatic heterocycles. The van der Waals surface area contributed by atoms with Gasteiger partial charge in [-0.1, -0.05) is 0 Å². The fraction of sp³-hybridized carbons (Fsp3) is 0.455. The Kier molecular flexibility index (Phi) is 4.86. The third-order valence-corrected chi connectivity index (χ3v) is 3.14. The summed E-state index contributed by atoms with van der Waals surface area (Å²) in [6.45, 7) is 0. The molecule has 1 unspecified atom stereocenters. The summed E-state index contributed by atoms with van der Waals surface area (Å²) in [5, 5.41) is 9.39. The molecule has 0 spiro atoms. The van der Waals surface area contributed by atoms with Crippen LogP contribution in [0.25, 0.3) is 0 Å². The van der Waals surface area contributed by atoms with Crippen LogP contribution in [-0.4, -0.2) is 31.4 Å². The smallest absolute Gasteiger partial charge is 0.456 e. The van der Waals surface area contributed by atoms with Crippen molar-refractivity contribution in [3.8, 4) is 11.5 Å². The van der Waals surface area contributed by atoms with Gasteiger partial charge in [-0.3, -0.25) is 0 Å². The van der Waals surface area contributed by atoms with Crippen LogP contribution in [0, 0.1) is 0 Å². The number of alkyl halides is 5. The lowest BCUT2D eigenvalue weighted by Crippen LogP contribution is -2.42. The van der Waals surface area contributed by atoms with E-state index >= 15 is 0 Å². The van der Waals surface area contributed by atoms with Crippen LogP contribution in [-0.2, 0) is 0 Å². The zero-order valence-corrected chi connectivity index (χ0v) is 11.8. The highest BCUT2D eigenvalue weighted by molar-refractivity contribution is 9.10. The van der Waals surface area contributed by atoms with E-state index in [0.717, 1.165) is 19.2 Å². The molecule has 0 aromatic heterocycles. The summed E-state index contributed by atoms with van der Waals surface area (Å²) >= 11 is 3.02. The zero-order valence-electron chi connectivity index (χ0n) is 10.3. The Bertz CT molecular complexity index is 490. The van der Waals surface area contributed by atoms with Crippen LogP contribution in [0.3, 0.4) is 0 Å². The summed E-state index contributed by atoms with van der Waals surface area (Å²) in [7, 11) is 2.28. The Labute approximate surface area is 119 Å². The average molecular weight is 365 g/mol. The number of aliphatic hydroxyl groups excluding tert-OH is 1. The number of aliphatic hydroxyl groups is 1. The Balaban J connectivity index is 3.38. The van der Waals surface area contributed by atoms with E-state index in [9.17, 15) is 27.1 Å². The molecule has 0 aliphatic carbocycles. The second-order valence-electron chi connectivity index (χ2n) is 3.75. The molecule has 1 aromatic carbocycles.